The number of halogens is 1. The van der Waals surface area contributed by atoms with E-state index in [1.54, 1.807) is 7.05 Å². The third-order valence-electron chi connectivity index (χ3n) is 3.56. The highest BCUT2D eigenvalue weighted by Crippen LogP contribution is 2.19. The summed E-state index contributed by atoms with van der Waals surface area (Å²) in [6, 6.07) is 0. The number of hydrogen-bond acceptors (Lipinski definition) is 4. The van der Waals surface area contributed by atoms with Crippen molar-refractivity contribution < 1.29 is 13.2 Å². The van der Waals surface area contributed by atoms with Crippen LogP contribution in [-0.2, 0) is 14.8 Å². The van der Waals surface area contributed by atoms with Crippen molar-refractivity contribution in [3.05, 3.63) is 0 Å². The van der Waals surface area contributed by atoms with Crippen molar-refractivity contribution in [3.63, 3.8) is 0 Å². The van der Waals surface area contributed by atoms with Gasteiger partial charge in [0.2, 0.25) is 10.0 Å². The number of sulfonamides is 1. The van der Waals surface area contributed by atoms with Crippen molar-refractivity contribution in [2.24, 2.45) is 4.99 Å². The highest BCUT2D eigenvalue weighted by atomic mass is 127. The molecule has 0 aromatic carbocycles. The summed E-state index contributed by atoms with van der Waals surface area (Å²) in [5.41, 5.74) is 0. The number of guanidine groups is 1. The molecule has 0 spiro atoms. The second kappa shape index (κ2) is 13.2. The number of ether oxygens (including phenoxy) is 1. The monoisotopic (exact) mass is 462 g/mol. The van der Waals surface area contributed by atoms with E-state index in [0.717, 1.165) is 6.26 Å². The van der Waals surface area contributed by atoms with Gasteiger partial charge in [0.25, 0.3) is 0 Å². The van der Waals surface area contributed by atoms with Crippen LogP contribution in [-0.4, -0.2) is 60.0 Å². The van der Waals surface area contributed by atoms with E-state index >= 15 is 0 Å². The van der Waals surface area contributed by atoms with Gasteiger partial charge in [-0.05, 0) is 12.8 Å². The molecule has 0 bridgehead atoms. The first-order valence-electron chi connectivity index (χ1n) is 8.02. The van der Waals surface area contributed by atoms with Gasteiger partial charge >= 0.3 is 0 Å². The van der Waals surface area contributed by atoms with Gasteiger partial charge in [-0.2, -0.15) is 0 Å². The van der Waals surface area contributed by atoms with Crippen molar-refractivity contribution >= 4 is 40.0 Å². The highest BCUT2D eigenvalue weighted by molar-refractivity contribution is 14.0. The molecular weight excluding hydrogens is 431 g/mol. The molecule has 3 N–H and O–H groups in total. The molecule has 0 atom stereocenters. The molecule has 0 radical (unpaired) electrons. The van der Waals surface area contributed by atoms with Crippen LogP contribution in [0.15, 0.2) is 4.99 Å². The maximum absolute atomic E-state index is 10.9. The first kappa shape index (κ1) is 22.9. The number of aliphatic imine (C=N–C) groups is 1. The number of nitrogens with zero attached hydrogens (tertiary/aromatic N) is 1. The second-order valence-corrected chi connectivity index (χ2v) is 7.41. The molecule has 138 valence electrons. The molecule has 0 aliphatic heterocycles. The SMILES string of the molecule is CN=C(NCCNS(C)(=O)=O)NCCOC1CCCCCC1.I. The van der Waals surface area contributed by atoms with Gasteiger partial charge in [-0.15, -0.1) is 24.0 Å². The Hall–Kier alpha value is -0.130. The van der Waals surface area contributed by atoms with Crippen molar-refractivity contribution in [1.29, 1.82) is 0 Å². The largest absolute Gasteiger partial charge is 0.376 e. The Morgan fingerprint density at radius 2 is 1.70 bits per heavy atom. The highest BCUT2D eigenvalue weighted by Gasteiger charge is 2.12. The predicted octanol–water partition coefficient (Wildman–Crippen LogP) is 1.06. The van der Waals surface area contributed by atoms with Crippen LogP contribution in [0, 0.1) is 0 Å². The van der Waals surface area contributed by atoms with Crippen molar-refractivity contribution in [3.8, 4) is 0 Å². The molecule has 1 aliphatic carbocycles. The van der Waals surface area contributed by atoms with E-state index in [1.165, 1.54) is 38.5 Å². The van der Waals surface area contributed by atoms with Crippen LogP contribution in [0.1, 0.15) is 38.5 Å². The Morgan fingerprint density at radius 3 is 2.26 bits per heavy atom. The summed E-state index contributed by atoms with van der Waals surface area (Å²) in [5.74, 6) is 0.653. The maximum atomic E-state index is 10.9. The van der Waals surface area contributed by atoms with Crippen LogP contribution in [0.4, 0.5) is 0 Å². The molecule has 0 aromatic heterocycles. The summed E-state index contributed by atoms with van der Waals surface area (Å²) in [5, 5.41) is 6.21. The van der Waals surface area contributed by atoms with Crippen LogP contribution >= 0.6 is 24.0 Å². The fraction of sp³-hybridized carbons (Fsp3) is 0.929. The van der Waals surface area contributed by atoms with Crippen LogP contribution in [0.25, 0.3) is 0 Å². The summed E-state index contributed by atoms with van der Waals surface area (Å²) in [6.07, 6.45) is 9.09. The van der Waals surface area contributed by atoms with E-state index in [4.69, 9.17) is 4.74 Å². The molecule has 7 nitrogen and oxygen atoms in total. The zero-order valence-electron chi connectivity index (χ0n) is 14.1. The van der Waals surface area contributed by atoms with Gasteiger partial charge in [-0.3, -0.25) is 4.99 Å². The van der Waals surface area contributed by atoms with Gasteiger partial charge in [0.1, 0.15) is 0 Å². The lowest BCUT2D eigenvalue weighted by Gasteiger charge is -2.16. The molecule has 0 unspecified atom stereocenters. The van der Waals surface area contributed by atoms with E-state index in [1.807, 2.05) is 0 Å². The summed E-state index contributed by atoms with van der Waals surface area (Å²) in [7, 11) is -1.45. The molecule has 0 heterocycles. The van der Waals surface area contributed by atoms with E-state index in [9.17, 15) is 8.42 Å². The summed E-state index contributed by atoms with van der Waals surface area (Å²) in [6.45, 7) is 2.16. The van der Waals surface area contributed by atoms with Crippen LogP contribution < -0.4 is 15.4 Å². The molecule has 0 amide bonds. The van der Waals surface area contributed by atoms with Gasteiger partial charge in [0.05, 0.1) is 19.0 Å². The van der Waals surface area contributed by atoms with Crippen molar-refractivity contribution in [1.82, 2.24) is 15.4 Å². The van der Waals surface area contributed by atoms with E-state index in [0.29, 0.717) is 38.3 Å². The van der Waals surface area contributed by atoms with Gasteiger partial charge in [0, 0.05) is 26.7 Å². The second-order valence-electron chi connectivity index (χ2n) is 5.58. The van der Waals surface area contributed by atoms with E-state index < -0.39 is 10.0 Å². The van der Waals surface area contributed by atoms with Gasteiger partial charge in [0.15, 0.2) is 5.96 Å². The summed E-state index contributed by atoms with van der Waals surface area (Å²) < 4.78 is 30.2. The molecular formula is C14H31IN4O3S. The van der Waals surface area contributed by atoms with Crippen molar-refractivity contribution in [2.75, 3.05) is 39.5 Å². The van der Waals surface area contributed by atoms with Crippen LogP contribution in [0.5, 0.6) is 0 Å². The summed E-state index contributed by atoms with van der Waals surface area (Å²) >= 11 is 0. The Labute approximate surface area is 157 Å². The lowest BCUT2D eigenvalue weighted by Crippen LogP contribution is -2.42. The fourth-order valence-electron chi connectivity index (χ4n) is 2.44. The first-order chi connectivity index (χ1) is 10.5. The van der Waals surface area contributed by atoms with Gasteiger partial charge in [-0.25, -0.2) is 13.1 Å². The lowest BCUT2D eigenvalue weighted by molar-refractivity contribution is 0.0468. The zero-order chi connectivity index (χ0) is 16.3. The minimum Gasteiger partial charge on any atom is -0.376 e. The number of nitrogens with one attached hydrogen (secondary N) is 3. The molecule has 23 heavy (non-hydrogen) atoms. The summed E-state index contributed by atoms with van der Waals surface area (Å²) in [4.78, 5) is 4.08. The minimum absolute atomic E-state index is 0. The predicted molar refractivity (Wildman–Crippen MR) is 105 cm³/mol. The lowest BCUT2D eigenvalue weighted by atomic mass is 10.1. The third-order valence-corrected chi connectivity index (χ3v) is 4.28. The van der Waals surface area contributed by atoms with Gasteiger partial charge < -0.3 is 15.4 Å². The molecule has 0 saturated heterocycles. The van der Waals surface area contributed by atoms with Crippen LogP contribution in [0.3, 0.4) is 0 Å². The van der Waals surface area contributed by atoms with Crippen LogP contribution in [0.2, 0.25) is 0 Å². The minimum atomic E-state index is -3.14. The maximum Gasteiger partial charge on any atom is 0.208 e. The molecule has 0 aromatic rings. The number of rotatable bonds is 8. The molecule has 1 aliphatic rings. The Morgan fingerprint density at radius 1 is 1.09 bits per heavy atom. The standard InChI is InChI=1S/C14H30N4O3S.HI/c1-15-14(16-9-10-18-22(2,19)20)17-11-12-21-13-7-5-3-4-6-8-13;/h13,18H,3-12H2,1-2H3,(H2,15,16,17);1H. The first-order valence-corrected chi connectivity index (χ1v) is 9.91. The molecule has 1 fully saturated rings. The molecule has 1 saturated carbocycles. The topological polar surface area (TPSA) is 91.8 Å². The zero-order valence-corrected chi connectivity index (χ0v) is 17.3. The Kier molecular flexibility index (Phi) is 13.1. The Bertz CT molecular complexity index is 424. The quantitative estimate of drug-likeness (QED) is 0.165. The van der Waals surface area contributed by atoms with E-state index in [2.05, 4.69) is 20.3 Å². The third kappa shape index (κ3) is 12.9. The van der Waals surface area contributed by atoms with E-state index in [-0.39, 0.29) is 24.0 Å². The molecule has 9 heteroatoms. The molecule has 1 rings (SSSR count). The normalized spacial score (nSPS) is 17.2. The Balaban J connectivity index is 0.00000484. The number of hydrogen-bond donors (Lipinski definition) is 3. The fourth-order valence-corrected chi connectivity index (χ4v) is 2.91. The smallest absolute Gasteiger partial charge is 0.208 e. The average Bonchev–Trinajstić information content (AvgIpc) is 2.73. The van der Waals surface area contributed by atoms with Gasteiger partial charge in [-0.1, -0.05) is 25.7 Å². The van der Waals surface area contributed by atoms with Crippen molar-refractivity contribution in [2.45, 2.75) is 44.6 Å². The average molecular weight is 462 g/mol.